The molecule has 82 valence electrons. The molecule has 0 saturated heterocycles. The van der Waals surface area contributed by atoms with Gasteiger partial charge in [0.05, 0.1) is 0 Å². The lowest BCUT2D eigenvalue weighted by molar-refractivity contribution is -0.145. The number of aryl methyl sites for hydroxylation is 1. The van der Waals surface area contributed by atoms with E-state index >= 15 is 0 Å². The van der Waals surface area contributed by atoms with Crippen molar-refractivity contribution in [2.24, 2.45) is 7.05 Å². The van der Waals surface area contributed by atoms with E-state index in [9.17, 15) is 9.90 Å². The maximum absolute atomic E-state index is 11.5. The predicted molar refractivity (Wildman–Crippen MR) is 57.8 cm³/mol. The molecule has 0 amide bonds. The van der Waals surface area contributed by atoms with Crippen LogP contribution in [0.5, 0.6) is 0 Å². The number of hydrogen-bond acceptors (Lipinski definition) is 1. The second kappa shape index (κ2) is 3.72. The summed E-state index contributed by atoms with van der Waals surface area (Å²) >= 11 is 0. The zero-order chi connectivity index (χ0) is 10.9. The minimum absolute atomic E-state index is 0.628. The first-order valence-electron chi connectivity index (χ1n) is 5.52. The summed E-state index contributed by atoms with van der Waals surface area (Å²) in [4.78, 5) is 11.5. The van der Waals surface area contributed by atoms with Gasteiger partial charge in [0.15, 0.2) is 0 Å². The largest absolute Gasteiger partial charge is 0.481 e. The Morgan fingerprint density at radius 3 is 2.53 bits per heavy atom. The fourth-order valence-electron chi connectivity index (χ4n) is 2.69. The molecule has 1 saturated carbocycles. The Bertz CT molecular complexity index is 361. The summed E-state index contributed by atoms with van der Waals surface area (Å²) < 4.78 is 1.94. The van der Waals surface area contributed by atoms with Crippen LogP contribution in [-0.4, -0.2) is 15.6 Å². The molecule has 1 aliphatic carbocycles. The highest BCUT2D eigenvalue weighted by Gasteiger charge is 2.42. The molecule has 0 unspecified atom stereocenters. The van der Waals surface area contributed by atoms with Crippen LogP contribution in [0, 0.1) is 0 Å². The number of carboxylic acid groups (broad SMARTS) is 1. The Labute approximate surface area is 89.7 Å². The zero-order valence-electron chi connectivity index (χ0n) is 9.07. The molecule has 0 aromatic carbocycles. The van der Waals surface area contributed by atoms with Crippen LogP contribution in [0.4, 0.5) is 0 Å². The highest BCUT2D eigenvalue weighted by molar-refractivity contribution is 5.81. The second-order valence-corrected chi connectivity index (χ2v) is 4.45. The fraction of sp³-hybridized carbons (Fsp3) is 0.583. The SMILES string of the molecule is Cn1cccc1C1(C(=O)O)CCCCC1. The standard InChI is InChI=1S/C12H17NO2/c1-13-9-5-6-10(13)12(11(14)15)7-3-2-4-8-12/h5-6,9H,2-4,7-8H2,1H3,(H,14,15). The third-order valence-corrected chi connectivity index (χ3v) is 3.55. The van der Waals surface area contributed by atoms with E-state index < -0.39 is 11.4 Å². The average molecular weight is 207 g/mol. The van der Waals surface area contributed by atoms with Crippen LogP contribution >= 0.6 is 0 Å². The van der Waals surface area contributed by atoms with Crippen LogP contribution in [0.15, 0.2) is 18.3 Å². The first-order chi connectivity index (χ1) is 7.17. The maximum Gasteiger partial charge on any atom is 0.315 e. The van der Waals surface area contributed by atoms with Crippen molar-refractivity contribution < 1.29 is 9.90 Å². The van der Waals surface area contributed by atoms with E-state index in [1.807, 2.05) is 29.9 Å². The molecule has 1 aromatic rings. The molecule has 3 heteroatoms. The molecule has 0 radical (unpaired) electrons. The average Bonchev–Trinajstić information content (AvgIpc) is 2.66. The topological polar surface area (TPSA) is 42.2 Å². The number of carboxylic acids is 1. The molecular formula is C12H17NO2. The summed E-state index contributed by atoms with van der Waals surface area (Å²) in [6, 6.07) is 3.87. The van der Waals surface area contributed by atoms with Gasteiger partial charge in [-0.2, -0.15) is 0 Å². The zero-order valence-corrected chi connectivity index (χ0v) is 9.07. The van der Waals surface area contributed by atoms with Gasteiger partial charge in [-0.3, -0.25) is 4.79 Å². The van der Waals surface area contributed by atoms with E-state index in [1.165, 1.54) is 6.42 Å². The number of carbonyl (C=O) groups is 1. The molecule has 15 heavy (non-hydrogen) atoms. The summed E-state index contributed by atoms with van der Waals surface area (Å²) in [5, 5.41) is 9.47. The lowest BCUT2D eigenvalue weighted by Gasteiger charge is -2.33. The van der Waals surface area contributed by atoms with Gasteiger partial charge in [-0.15, -0.1) is 0 Å². The van der Waals surface area contributed by atoms with Crippen molar-refractivity contribution in [3.8, 4) is 0 Å². The molecule has 0 bridgehead atoms. The smallest absolute Gasteiger partial charge is 0.315 e. The summed E-state index contributed by atoms with van der Waals surface area (Å²) in [7, 11) is 1.93. The first kappa shape index (κ1) is 10.3. The molecule has 3 nitrogen and oxygen atoms in total. The third kappa shape index (κ3) is 1.56. The van der Waals surface area contributed by atoms with E-state index in [0.29, 0.717) is 0 Å². The summed E-state index contributed by atoms with van der Waals surface area (Å²) in [5.74, 6) is -0.663. The normalized spacial score (nSPS) is 20.1. The number of hydrogen-bond donors (Lipinski definition) is 1. The molecule has 1 N–H and O–H groups in total. The summed E-state index contributed by atoms with van der Waals surface area (Å²) in [6.45, 7) is 0. The van der Waals surface area contributed by atoms with Gasteiger partial charge in [-0.05, 0) is 25.0 Å². The summed E-state index contributed by atoms with van der Waals surface area (Å²) in [5.41, 5.74) is 0.325. The molecule has 0 atom stereocenters. The van der Waals surface area contributed by atoms with E-state index in [0.717, 1.165) is 31.4 Å². The summed E-state index contributed by atoms with van der Waals surface area (Å²) in [6.07, 6.45) is 6.70. The molecule has 2 rings (SSSR count). The predicted octanol–water partition coefficient (Wildman–Crippen LogP) is 2.31. The van der Waals surface area contributed by atoms with Crippen LogP contribution < -0.4 is 0 Å². The van der Waals surface area contributed by atoms with E-state index in [2.05, 4.69) is 0 Å². The lowest BCUT2D eigenvalue weighted by atomic mass is 9.72. The van der Waals surface area contributed by atoms with Crippen molar-refractivity contribution in [1.29, 1.82) is 0 Å². The van der Waals surface area contributed by atoms with E-state index in [4.69, 9.17) is 0 Å². The molecular weight excluding hydrogens is 190 g/mol. The van der Waals surface area contributed by atoms with Crippen molar-refractivity contribution in [1.82, 2.24) is 4.57 Å². The number of nitrogens with zero attached hydrogens (tertiary/aromatic N) is 1. The van der Waals surface area contributed by atoms with Gasteiger partial charge in [0, 0.05) is 18.9 Å². The third-order valence-electron chi connectivity index (χ3n) is 3.55. The molecule has 1 heterocycles. The highest BCUT2D eigenvalue weighted by atomic mass is 16.4. The Kier molecular flexibility index (Phi) is 2.55. The van der Waals surface area contributed by atoms with Gasteiger partial charge < -0.3 is 9.67 Å². The minimum atomic E-state index is -0.663. The molecule has 0 spiro atoms. The van der Waals surface area contributed by atoms with Crippen molar-refractivity contribution in [3.63, 3.8) is 0 Å². The van der Waals surface area contributed by atoms with Crippen LogP contribution in [-0.2, 0) is 17.3 Å². The van der Waals surface area contributed by atoms with Gasteiger partial charge in [-0.1, -0.05) is 19.3 Å². The van der Waals surface area contributed by atoms with Crippen LogP contribution in [0.1, 0.15) is 37.8 Å². The van der Waals surface area contributed by atoms with E-state index in [1.54, 1.807) is 0 Å². The van der Waals surface area contributed by atoms with Crippen LogP contribution in [0.3, 0.4) is 0 Å². The van der Waals surface area contributed by atoms with E-state index in [-0.39, 0.29) is 0 Å². The Morgan fingerprint density at radius 2 is 2.07 bits per heavy atom. The lowest BCUT2D eigenvalue weighted by Crippen LogP contribution is -2.39. The maximum atomic E-state index is 11.5. The number of aromatic nitrogens is 1. The Balaban J connectivity index is 2.42. The van der Waals surface area contributed by atoms with Crippen molar-refractivity contribution in [2.75, 3.05) is 0 Å². The molecule has 0 aliphatic heterocycles. The second-order valence-electron chi connectivity index (χ2n) is 4.45. The van der Waals surface area contributed by atoms with Gasteiger partial charge in [-0.25, -0.2) is 0 Å². The van der Waals surface area contributed by atoms with Gasteiger partial charge in [0.2, 0.25) is 0 Å². The van der Waals surface area contributed by atoms with Gasteiger partial charge in [0.25, 0.3) is 0 Å². The fourth-order valence-corrected chi connectivity index (χ4v) is 2.69. The molecule has 1 aliphatic rings. The minimum Gasteiger partial charge on any atom is -0.481 e. The Hall–Kier alpha value is -1.25. The van der Waals surface area contributed by atoms with Crippen LogP contribution in [0.2, 0.25) is 0 Å². The van der Waals surface area contributed by atoms with Gasteiger partial charge in [0.1, 0.15) is 5.41 Å². The van der Waals surface area contributed by atoms with Crippen molar-refractivity contribution in [3.05, 3.63) is 24.0 Å². The first-order valence-corrected chi connectivity index (χ1v) is 5.52. The molecule has 1 aromatic heterocycles. The van der Waals surface area contributed by atoms with Gasteiger partial charge >= 0.3 is 5.97 Å². The number of aliphatic carboxylic acids is 1. The van der Waals surface area contributed by atoms with Crippen molar-refractivity contribution >= 4 is 5.97 Å². The highest BCUT2D eigenvalue weighted by Crippen LogP contribution is 2.39. The van der Waals surface area contributed by atoms with Crippen LogP contribution in [0.25, 0.3) is 0 Å². The van der Waals surface area contributed by atoms with Crippen molar-refractivity contribution in [2.45, 2.75) is 37.5 Å². The quantitative estimate of drug-likeness (QED) is 0.808. The molecule has 1 fully saturated rings. The monoisotopic (exact) mass is 207 g/mol. The number of rotatable bonds is 2. The Morgan fingerprint density at radius 1 is 1.40 bits per heavy atom.